The standard InChI is InChI=1S/C18H35N3.C17H32N2.C14H29N3/c1-16(2)19-12-6-18(7-13-19)21-14-8-17(9-15-21)20-10-4-3-5-11-20;1-14(2)18-11-8-17(9-12-18)19-10-7-15-5-3-4-6-16(15)13-19;1-12(2)17-9-6-13(7-10-17)16(4)14-5-8-15(3)11-14/h16-18H,3-15H2,1-2H3;14-17H,3-13H2,1-2H3;12-14H,5-11H2,1-4H3. The Morgan fingerprint density at radius 2 is 0.789 bits per heavy atom. The summed E-state index contributed by atoms with van der Waals surface area (Å²) in [6.07, 6.45) is 24.4. The highest BCUT2D eigenvalue weighted by atomic mass is 15.3. The molecule has 7 saturated heterocycles. The van der Waals surface area contributed by atoms with Crippen molar-refractivity contribution in [2.45, 2.75) is 199 Å². The van der Waals surface area contributed by atoms with Crippen molar-refractivity contribution < 1.29 is 0 Å². The molecule has 8 nitrogen and oxygen atoms in total. The smallest absolute Gasteiger partial charge is 0.0235 e. The van der Waals surface area contributed by atoms with Gasteiger partial charge in [0.15, 0.2) is 0 Å². The predicted molar refractivity (Wildman–Crippen MR) is 245 cm³/mol. The zero-order chi connectivity index (χ0) is 40.3. The predicted octanol–water partition coefficient (Wildman–Crippen LogP) is 7.68. The molecule has 0 aromatic rings. The van der Waals surface area contributed by atoms with Gasteiger partial charge in [-0.1, -0.05) is 25.7 Å². The molecule has 57 heavy (non-hydrogen) atoms. The zero-order valence-corrected chi connectivity index (χ0v) is 39.3. The van der Waals surface area contributed by atoms with Gasteiger partial charge in [-0.25, -0.2) is 0 Å². The van der Waals surface area contributed by atoms with Crippen molar-refractivity contribution in [2.75, 3.05) is 106 Å². The second-order valence-electron chi connectivity index (χ2n) is 21.4. The van der Waals surface area contributed by atoms with Crippen molar-refractivity contribution in [3.8, 4) is 0 Å². The highest BCUT2D eigenvalue weighted by Crippen LogP contribution is 2.37. The zero-order valence-electron chi connectivity index (χ0n) is 39.3. The SMILES string of the molecule is CC(C)N1CCC(N(C)C2CCN(C)C2)CC1.CC(C)N1CCC(N2CCC(N3CCCCC3)CC2)CC1.CC(C)N1CCC(N2CCC3CCCCC3C2)CC1. The second kappa shape index (κ2) is 23.2. The van der Waals surface area contributed by atoms with Gasteiger partial charge in [0.2, 0.25) is 0 Å². The van der Waals surface area contributed by atoms with Crippen molar-refractivity contribution >= 4 is 0 Å². The first-order valence-electron chi connectivity index (χ1n) is 25.4. The quantitative estimate of drug-likeness (QED) is 0.247. The minimum Gasteiger partial charge on any atom is -0.305 e. The van der Waals surface area contributed by atoms with E-state index in [1.807, 2.05) is 0 Å². The lowest BCUT2D eigenvalue weighted by molar-refractivity contribution is 0.0263. The molecule has 1 aliphatic carbocycles. The van der Waals surface area contributed by atoms with Crippen LogP contribution >= 0.6 is 0 Å². The molecule has 3 atom stereocenters. The van der Waals surface area contributed by atoms with E-state index in [0.717, 1.165) is 60.2 Å². The monoisotopic (exact) mass is 797 g/mol. The molecule has 3 unspecified atom stereocenters. The van der Waals surface area contributed by atoms with Gasteiger partial charge in [-0.05, 0) is 229 Å². The van der Waals surface area contributed by atoms with E-state index in [4.69, 9.17) is 0 Å². The summed E-state index contributed by atoms with van der Waals surface area (Å²) in [5.74, 6) is 2.13. The number of likely N-dealkylation sites (tertiary alicyclic amines) is 7. The molecule has 8 fully saturated rings. The lowest BCUT2D eigenvalue weighted by Crippen LogP contribution is -2.52. The third-order valence-corrected chi connectivity index (χ3v) is 17.0. The van der Waals surface area contributed by atoms with Gasteiger partial charge in [0.25, 0.3) is 0 Å². The van der Waals surface area contributed by atoms with Gasteiger partial charge in [-0.2, -0.15) is 0 Å². The van der Waals surface area contributed by atoms with Gasteiger partial charge in [0, 0.05) is 61.4 Å². The van der Waals surface area contributed by atoms with Crippen LogP contribution in [0.2, 0.25) is 0 Å². The molecule has 1 saturated carbocycles. The summed E-state index contributed by atoms with van der Waals surface area (Å²) in [5, 5.41) is 0. The van der Waals surface area contributed by atoms with Crippen molar-refractivity contribution in [2.24, 2.45) is 11.8 Å². The van der Waals surface area contributed by atoms with Crippen LogP contribution in [-0.2, 0) is 0 Å². The number of hydrogen-bond donors (Lipinski definition) is 0. The Morgan fingerprint density at radius 3 is 1.28 bits per heavy atom. The Labute approximate surface area is 354 Å². The third-order valence-electron chi connectivity index (χ3n) is 17.0. The normalized spacial score (nSPS) is 31.5. The van der Waals surface area contributed by atoms with Crippen molar-refractivity contribution in [1.29, 1.82) is 0 Å². The van der Waals surface area contributed by atoms with E-state index in [1.165, 1.54) is 201 Å². The highest BCUT2D eigenvalue weighted by molar-refractivity contribution is 4.91. The van der Waals surface area contributed by atoms with Gasteiger partial charge in [0.05, 0.1) is 0 Å². The number of nitrogens with zero attached hydrogens (tertiary/aromatic N) is 8. The van der Waals surface area contributed by atoms with Crippen LogP contribution in [0.3, 0.4) is 0 Å². The summed E-state index contributed by atoms with van der Waals surface area (Å²) >= 11 is 0. The van der Waals surface area contributed by atoms with Crippen LogP contribution in [0.5, 0.6) is 0 Å². The fraction of sp³-hybridized carbons (Fsp3) is 1.00. The molecule has 0 bridgehead atoms. The van der Waals surface area contributed by atoms with Crippen LogP contribution in [0.15, 0.2) is 0 Å². The average Bonchev–Trinajstić information content (AvgIpc) is 3.70. The molecule has 7 aliphatic heterocycles. The van der Waals surface area contributed by atoms with Gasteiger partial charge < -0.3 is 29.4 Å². The molecule has 0 aromatic heterocycles. The molecule has 0 spiro atoms. The van der Waals surface area contributed by atoms with Crippen LogP contribution in [0, 0.1) is 11.8 Å². The summed E-state index contributed by atoms with van der Waals surface area (Å²) in [4.78, 5) is 21.5. The molecule has 0 amide bonds. The maximum absolute atomic E-state index is 2.87. The van der Waals surface area contributed by atoms with E-state index in [9.17, 15) is 0 Å². The minimum absolute atomic E-state index is 0.721. The Balaban J connectivity index is 0.000000145. The van der Waals surface area contributed by atoms with Crippen LogP contribution in [0.1, 0.15) is 151 Å². The molecule has 7 heterocycles. The summed E-state index contributed by atoms with van der Waals surface area (Å²) in [5.41, 5.74) is 0. The number of hydrogen-bond acceptors (Lipinski definition) is 8. The molecular formula is C49H96N8. The van der Waals surface area contributed by atoms with Gasteiger partial charge in [-0.3, -0.25) is 9.80 Å². The molecule has 8 rings (SSSR count). The fourth-order valence-electron chi connectivity index (χ4n) is 12.7. The van der Waals surface area contributed by atoms with E-state index in [0.29, 0.717) is 0 Å². The van der Waals surface area contributed by atoms with E-state index >= 15 is 0 Å². The Hall–Kier alpha value is -0.320. The summed E-state index contributed by atoms with van der Waals surface area (Å²) < 4.78 is 0. The molecule has 8 aliphatic rings. The first-order valence-corrected chi connectivity index (χ1v) is 25.4. The minimum atomic E-state index is 0.721. The molecule has 0 radical (unpaired) electrons. The second-order valence-corrected chi connectivity index (χ2v) is 21.4. The largest absolute Gasteiger partial charge is 0.305 e. The third kappa shape index (κ3) is 13.6. The molecule has 0 N–H and O–H groups in total. The fourth-order valence-corrected chi connectivity index (χ4v) is 12.7. The summed E-state index contributed by atoms with van der Waals surface area (Å²) in [6, 6.07) is 6.49. The van der Waals surface area contributed by atoms with Gasteiger partial charge in [0.1, 0.15) is 0 Å². The van der Waals surface area contributed by atoms with Crippen LogP contribution < -0.4 is 0 Å². The molecule has 8 heteroatoms. The number of likely N-dealkylation sites (N-methyl/N-ethyl adjacent to an activating group) is 2. The van der Waals surface area contributed by atoms with E-state index in [1.54, 1.807) is 0 Å². The average molecular weight is 797 g/mol. The summed E-state index contributed by atoms with van der Waals surface area (Å²) in [6.45, 7) is 32.7. The van der Waals surface area contributed by atoms with Gasteiger partial charge in [-0.15, -0.1) is 0 Å². The van der Waals surface area contributed by atoms with Crippen LogP contribution in [-0.4, -0.2) is 193 Å². The number of rotatable bonds is 8. The van der Waals surface area contributed by atoms with Gasteiger partial charge >= 0.3 is 0 Å². The van der Waals surface area contributed by atoms with Crippen molar-refractivity contribution in [3.05, 3.63) is 0 Å². The number of fused-ring (bicyclic) bond motifs is 1. The Bertz CT molecular complexity index is 1080. The summed E-state index contributed by atoms with van der Waals surface area (Å²) in [7, 11) is 4.59. The topological polar surface area (TPSA) is 25.9 Å². The maximum atomic E-state index is 2.87. The van der Waals surface area contributed by atoms with Crippen LogP contribution in [0.4, 0.5) is 0 Å². The van der Waals surface area contributed by atoms with E-state index in [2.05, 4.69) is 94.8 Å². The molecule has 332 valence electrons. The van der Waals surface area contributed by atoms with Crippen molar-refractivity contribution in [1.82, 2.24) is 39.2 Å². The molecule has 0 aromatic carbocycles. The first-order chi connectivity index (χ1) is 27.5. The first kappa shape index (κ1) is 46.2. The molecular weight excluding hydrogens is 701 g/mol. The Kier molecular flexibility index (Phi) is 18.8. The van der Waals surface area contributed by atoms with E-state index < -0.39 is 0 Å². The Morgan fingerprint density at radius 1 is 0.368 bits per heavy atom. The lowest BCUT2D eigenvalue weighted by atomic mass is 9.74. The van der Waals surface area contributed by atoms with Crippen LogP contribution in [0.25, 0.3) is 0 Å². The lowest BCUT2D eigenvalue weighted by Gasteiger charge is -2.47. The highest BCUT2D eigenvalue weighted by Gasteiger charge is 2.36. The van der Waals surface area contributed by atoms with Crippen molar-refractivity contribution in [3.63, 3.8) is 0 Å². The van der Waals surface area contributed by atoms with E-state index in [-0.39, 0.29) is 0 Å². The number of piperidine rings is 6. The maximum Gasteiger partial charge on any atom is 0.0235 e.